The summed E-state index contributed by atoms with van der Waals surface area (Å²) < 4.78 is 27.6. The molecule has 3 N–H and O–H groups in total. The van der Waals surface area contributed by atoms with Crippen LogP contribution in [0.4, 0.5) is 14.5 Å². The van der Waals surface area contributed by atoms with E-state index >= 15 is 0 Å². The fraction of sp³-hybridized carbons (Fsp3) is 0.500. The molecule has 5 heteroatoms. The number of halogens is 2. The fourth-order valence-electron chi connectivity index (χ4n) is 2.20. The monoisotopic (exact) mass is 242 g/mol. The topological polar surface area (TPSA) is 49.5 Å². The third kappa shape index (κ3) is 2.56. The second-order valence-corrected chi connectivity index (χ2v) is 4.35. The Bertz CT molecular complexity index is 388. The molecule has 1 aromatic rings. The van der Waals surface area contributed by atoms with E-state index in [1.807, 2.05) is 0 Å². The molecule has 1 saturated heterocycles. The standard InChI is InChI=1S/C12H16F2N2O/c13-10-4-8(6-15)5-11(14)12(10)16-3-1-2-9(17)7-16/h4-5,9,17H,1-3,6-7,15H2. The first-order valence-corrected chi connectivity index (χ1v) is 5.73. The van der Waals surface area contributed by atoms with Crippen LogP contribution in [0.1, 0.15) is 18.4 Å². The fourth-order valence-corrected chi connectivity index (χ4v) is 2.20. The van der Waals surface area contributed by atoms with Crippen LogP contribution in [-0.2, 0) is 6.54 Å². The van der Waals surface area contributed by atoms with Gasteiger partial charge in [-0.3, -0.25) is 0 Å². The molecule has 17 heavy (non-hydrogen) atoms. The summed E-state index contributed by atoms with van der Waals surface area (Å²) in [5, 5.41) is 9.52. The third-order valence-corrected chi connectivity index (χ3v) is 3.03. The van der Waals surface area contributed by atoms with Crippen LogP contribution in [0.5, 0.6) is 0 Å². The van der Waals surface area contributed by atoms with Crippen molar-refractivity contribution in [2.45, 2.75) is 25.5 Å². The van der Waals surface area contributed by atoms with Crippen LogP contribution in [0.3, 0.4) is 0 Å². The Balaban J connectivity index is 2.31. The van der Waals surface area contributed by atoms with Gasteiger partial charge in [-0.25, -0.2) is 8.78 Å². The molecule has 0 aliphatic carbocycles. The van der Waals surface area contributed by atoms with Crippen LogP contribution in [0, 0.1) is 11.6 Å². The number of β-amino-alcohol motifs (C(OH)–C–C–N with tert-alkyl or cyclic N) is 1. The summed E-state index contributed by atoms with van der Waals surface area (Å²) in [6.45, 7) is 0.944. The van der Waals surface area contributed by atoms with Gasteiger partial charge in [-0.05, 0) is 30.5 Å². The molecule has 0 bridgehead atoms. The van der Waals surface area contributed by atoms with Gasteiger partial charge in [0.05, 0.1) is 6.10 Å². The van der Waals surface area contributed by atoms with Crippen LogP contribution in [-0.4, -0.2) is 24.3 Å². The smallest absolute Gasteiger partial charge is 0.149 e. The normalized spacial score (nSPS) is 20.7. The number of nitrogens with zero attached hydrogens (tertiary/aromatic N) is 1. The number of aliphatic hydroxyl groups excluding tert-OH is 1. The zero-order chi connectivity index (χ0) is 12.4. The first-order valence-electron chi connectivity index (χ1n) is 5.73. The highest BCUT2D eigenvalue weighted by Crippen LogP contribution is 2.27. The highest BCUT2D eigenvalue weighted by molar-refractivity contribution is 5.51. The first-order chi connectivity index (χ1) is 8.11. The number of nitrogens with two attached hydrogens (primary N) is 1. The van der Waals surface area contributed by atoms with E-state index in [9.17, 15) is 13.9 Å². The predicted octanol–water partition coefficient (Wildman–Crippen LogP) is 1.38. The number of anilines is 1. The molecule has 2 rings (SSSR count). The molecule has 1 heterocycles. The van der Waals surface area contributed by atoms with Gasteiger partial charge >= 0.3 is 0 Å². The first kappa shape index (κ1) is 12.3. The summed E-state index contributed by atoms with van der Waals surface area (Å²) in [6, 6.07) is 2.50. The number of hydrogen-bond donors (Lipinski definition) is 2. The van der Waals surface area contributed by atoms with Crippen LogP contribution in [0.15, 0.2) is 12.1 Å². The summed E-state index contributed by atoms with van der Waals surface area (Å²) in [6.07, 6.45) is 0.899. The van der Waals surface area contributed by atoms with Crippen molar-refractivity contribution in [1.29, 1.82) is 0 Å². The quantitative estimate of drug-likeness (QED) is 0.823. The molecule has 1 aliphatic heterocycles. The predicted molar refractivity (Wildman–Crippen MR) is 61.7 cm³/mol. The van der Waals surface area contributed by atoms with Gasteiger partial charge in [0.15, 0.2) is 0 Å². The van der Waals surface area contributed by atoms with Crippen LogP contribution in [0.25, 0.3) is 0 Å². The van der Waals surface area contributed by atoms with Crippen molar-refractivity contribution in [2.75, 3.05) is 18.0 Å². The van der Waals surface area contributed by atoms with E-state index in [-0.39, 0.29) is 18.8 Å². The van der Waals surface area contributed by atoms with Crippen molar-refractivity contribution < 1.29 is 13.9 Å². The van der Waals surface area contributed by atoms with Gasteiger partial charge in [-0.15, -0.1) is 0 Å². The molecule has 1 fully saturated rings. The molecule has 1 aromatic carbocycles. The zero-order valence-corrected chi connectivity index (χ0v) is 9.50. The minimum Gasteiger partial charge on any atom is -0.391 e. The second-order valence-electron chi connectivity index (χ2n) is 4.35. The van der Waals surface area contributed by atoms with E-state index in [0.717, 1.165) is 6.42 Å². The maximum Gasteiger partial charge on any atom is 0.149 e. The Labute approximate surface area is 98.8 Å². The molecule has 0 amide bonds. The highest BCUT2D eigenvalue weighted by atomic mass is 19.1. The molecule has 1 aliphatic rings. The van der Waals surface area contributed by atoms with Crippen molar-refractivity contribution in [1.82, 2.24) is 0 Å². The molecule has 1 unspecified atom stereocenters. The van der Waals surface area contributed by atoms with Crippen LogP contribution < -0.4 is 10.6 Å². The van der Waals surface area contributed by atoms with Gasteiger partial charge in [0, 0.05) is 19.6 Å². The zero-order valence-electron chi connectivity index (χ0n) is 9.50. The summed E-state index contributed by atoms with van der Waals surface area (Å²) >= 11 is 0. The second kappa shape index (κ2) is 4.98. The van der Waals surface area contributed by atoms with Crippen LogP contribution >= 0.6 is 0 Å². The van der Waals surface area contributed by atoms with Gasteiger partial charge in [0.2, 0.25) is 0 Å². The van der Waals surface area contributed by atoms with Gasteiger partial charge in [0.1, 0.15) is 17.3 Å². The van der Waals surface area contributed by atoms with Gasteiger partial charge in [-0.1, -0.05) is 0 Å². The lowest BCUT2D eigenvalue weighted by molar-refractivity contribution is 0.153. The number of benzene rings is 1. The van der Waals surface area contributed by atoms with E-state index in [2.05, 4.69) is 0 Å². The summed E-state index contributed by atoms with van der Waals surface area (Å²) in [7, 11) is 0. The van der Waals surface area contributed by atoms with Crippen molar-refractivity contribution in [2.24, 2.45) is 5.73 Å². The van der Waals surface area contributed by atoms with Gasteiger partial charge < -0.3 is 15.7 Å². The lowest BCUT2D eigenvalue weighted by atomic mass is 10.1. The Kier molecular flexibility index (Phi) is 3.59. The maximum absolute atomic E-state index is 13.8. The maximum atomic E-state index is 13.8. The van der Waals surface area contributed by atoms with Crippen LogP contribution in [0.2, 0.25) is 0 Å². The lowest BCUT2D eigenvalue weighted by Gasteiger charge is -2.32. The Morgan fingerprint density at radius 3 is 2.53 bits per heavy atom. The molecule has 94 valence electrons. The van der Waals surface area contributed by atoms with E-state index in [1.54, 1.807) is 4.90 Å². The van der Waals surface area contributed by atoms with E-state index in [1.165, 1.54) is 12.1 Å². The van der Waals surface area contributed by atoms with Crippen molar-refractivity contribution in [3.63, 3.8) is 0 Å². The minimum absolute atomic E-state index is 0.0547. The molecule has 0 aromatic heterocycles. The summed E-state index contributed by atoms with van der Waals surface area (Å²) in [5.41, 5.74) is 5.73. The number of aliphatic hydroxyl groups is 1. The summed E-state index contributed by atoms with van der Waals surface area (Å²) in [4.78, 5) is 1.55. The molecule has 0 spiro atoms. The Morgan fingerprint density at radius 2 is 2.00 bits per heavy atom. The third-order valence-electron chi connectivity index (χ3n) is 3.03. The molecular weight excluding hydrogens is 226 g/mol. The average Bonchev–Trinajstić information content (AvgIpc) is 2.28. The van der Waals surface area contributed by atoms with Crippen molar-refractivity contribution >= 4 is 5.69 Å². The number of rotatable bonds is 2. The van der Waals surface area contributed by atoms with E-state index in [0.29, 0.717) is 18.5 Å². The van der Waals surface area contributed by atoms with E-state index in [4.69, 9.17) is 5.73 Å². The highest BCUT2D eigenvalue weighted by Gasteiger charge is 2.23. The van der Waals surface area contributed by atoms with Gasteiger partial charge in [-0.2, -0.15) is 0 Å². The average molecular weight is 242 g/mol. The van der Waals surface area contributed by atoms with Crippen molar-refractivity contribution in [3.05, 3.63) is 29.3 Å². The summed E-state index contributed by atoms with van der Waals surface area (Å²) in [5.74, 6) is -1.22. The SMILES string of the molecule is NCc1cc(F)c(N2CCCC(O)C2)c(F)c1. The molecule has 0 saturated carbocycles. The lowest BCUT2D eigenvalue weighted by Crippen LogP contribution is -2.39. The number of hydrogen-bond acceptors (Lipinski definition) is 3. The van der Waals surface area contributed by atoms with Crippen molar-refractivity contribution in [3.8, 4) is 0 Å². The minimum atomic E-state index is -0.612. The van der Waals surface area contributed by atoms with E-state index < -0.39 is 17.7 Å². The van der Waals surface area contributed by atoms with Gasteiger partial charge in [0.25, 0.3) is 0 Å². The Morgan fingerprint density at radius 1 is 1.35 bits per heavy atom. The largest absolute Gasteiger partial charge is 0.391 e. The number of piperidine rings is 1. The Hall–Kier alpha value is -1.20. The molecule has 3 nitrogen and oxygen atoms in total. The molecule has 1 atom stereocenters. The molecule has 0 radical (unpaired) electrons. The molecular formula is C12H16F2N2O.